The molecule has 7 heteroatoms. The molecule has 0 saturated heterocycles. The van der Waals surface area contributed by atoms with Crippen LogP contribution < -0.4 is 10.9 Å². The van der Waals surface area contributed by atoms with Gasteiger partial charge in [-0.25, -0.2) is 0 Å². The summed E-state index contributed by atoms with van der Waals surface area (Å²) in [7, 11) is 0. The molecule has 2 aromatic heterocycles. The second-order valence-corrected chi connectivity index (χ2v) is 6.40. The highest BCUT2D eigenvalue weighted by Crippen LogP contribution is 2.28. The molecular formula is C15H17N3O3S. The van der Waals surface area contributed by atoms with Gasteiger partial charge >= 0.3 is 0 Å². The SMILES string of the molecule is O=C(NNC(=O)c1cc2c(s1)CCCCCC2)c1ccon1. The van der Waals surface area contributed by atoms with Gasteiger partial charge in [-0.2, -0.15) is 0 Å². The van der Waals surface area contributed by atoms with Gasteiger partial charge in [-0.1, -0.05) is 18.0 Å². The predicted octanol–water partition coefficient (Wildman–Crippen LogP) is 2.47. The molecule has 0 saturated carbocycles. The number of amides is 2. The van der Waals surface area contributed by atoms with Crippen molar-refractivity contribution in [2.24, 2.45) is 0 Å². The highest BCUT2D eigenvalue weighted by Gasteiger charge is 2.17. The van der Waals surface area contributed by atoms with E-state index in [1.54, 1.807) is 0 Å². The Bertz CT molecular complexity index is 638. The first-order chi connectivity index (χ1) is 10.7. The molecule has 1 aliphatic carbocycles. The molecule has 0 atom stereocenters. The number of rotatable bonds is 2. The number of nitrogens with one attached hydrogen (secondary N) is 2. The zero-order chi connectivity index (χ0) is 15.4. The first kappa shape index (κ1) is 14.8. The van der Waals surface area contributed by atoms with E-state index < -0.39 is 5.91 Å². The van der Waals surface area contributed by atoms with Crippen LogP contribution in [0.15, 0.2) is 22.9 Å². The van der Waals surface area contributed by atoms with Crippen LogP contribution in [0.5, 0.6) is 0 Å². The van der Waals surface area contributed by atoms with Crippen LogP contribution in [0.25, 0.3) is 0 Å². The van der Waals surface area contributed by atoms with E-state index in [-0.39, 0.29) is 11.6 Å². The molecule has 0 aliphatic heterocycles. The second-order valence-electron chi connectivity index (χ2n) is 5.27. The number of nitrogens with zero attached hydrogens (tertiary/aromatic N) is 1. The molecular weight excluding hydrogens is 302 g/mol. The van der Waals surface area contributed by atoms with Crippen molar-refractivity contribution in [1.29, 1.82) is 0 Å². The summed E-state index contributed by atoms with van der Waals surface area (Å²) in [5.41, 5.74) is 6.15. The molecule has 0 bridgehead atoms. The number of hydrogen-bond acceptors (Lipinski definition) is 5. The average molecular weight is 319 g/mol. The molecule has 22 heavy (non-hydrogen) atoms. The maximum absolute atomic E-state index is 12.1. The molecule has 2 heterocycles. The Morgan fingerprint density at radius 2 is 1.86 bits per heavy atom. The van der Waals surface area contributed by atoms with Crippen LogP contribution in [0, 0.1) is 0 Å². The van der Waals surface area contributed by atoms with E-state index in [0.29, 0.717) is 4.88 Å². The molecule has 1 aliphatic rings. The predicted molar refractivity (Wildman–Crippen MR) is 81.6 cm³/mol. The Kier molecular flexibility index (Phi) is 4.53. The van der Waals surface area contributed by atoms with E-state index in [1.807, 2.05) is 6.07 Å². The Hall–Kier alpha value is -2.15. The smallest absolute Gasteiger partial charge is 0.291 e. The number of carbonyl (C=O) groups excluding carboxylic acids is 2. The van der Waals surface area contributed by atoms with E-state index in [2.05, 4.69) is 20.5 Å². The third-order valence-corrected chi connectivity index (χ3v) is 4.92. The third-order valence-electron chi connectivity index (χ3n) is 3.68. The van der Waals surface area contributed by atoms with E-state index in [9.17, 15) is 9.59 Å². The Balaban J connectivity index is 1.62. The van der Waals surface area contributed by atoms with Crippen molar-refractivity contribution in [2.75, 3.05) is 0 Å². The lowest BCUT2D eigenvalue weighted by Gasteiger charge is -2.07. The highest BCUT2D eigenvalue weighted by atomic mass is 32.1. The van der Waals surface area contributed by atoms with E-state index in [4.69, 9.17) is 0 Å². The molecule has 116 valence electrons. The lowest BCUT2D eigenvalue weighted by Crippen LogP contribution is -2.41. The van der Waals surface area contributed by atoms with Gasteiger partial charge in [0.2, 0.25) is 0 Å². The van der Waals surface area contributed by atoms with Crippen LogP contribution in [-0.4, -0.2) is 17.0 Å². The topological polar surface area (TPSA) is 84.2 Å². The van der Waals surface area contributed by atoms with Gasteiger partial charge in [0, 0.05) is 10.9 Å². The van der Waals surface area contributed by atoms with Gasteiger partial charge < -0.3 is 4.52 Å². The number of thiophene rings is 1. The van der Waals surface area contributed by atoms with Gasteiger partial charge in [0.15, 0.2) is 5.69 Å². The molecule has 2 aromatic rings. The Morgan fingerprint density at radius 1 is 1.09 bits per heavy atom. The molecule has 6 nitrogen and oxygen atoms in total. The van der Waals surface area contributed by atoms with Gasteiger partial charge in [-0.05, 0) is 37.3 Å². The Morgan fingerprint density at radius 3 is 2.64 bits per heavy atom. The van der Waals surface area contributed by atoms with E-state index >= 15 is 0 Å². The van der Waals surface area contributed by atoms with Gasteiger partial charge in [0.1, 0.15) is 6.26 Å². The van der Waals surface area contributed by atoms with Crippen LogP contribution in [-0.2, 0) is 12.8 Å². The van der Waals surface area contributed by atoms with Crippen LogP contribution >= 0.6 is 11.3 Å². The van der Waals surface area contributed by atoms with Crippen molar-refractivity contribution < 1.29 is 14.1 Å². The lowest BCUT2D eigenvalue weighted by molar-refractivity contribution is 0.0843. The first-order valence-corrected chi connectivity index (χ1v) is 8.18. The molecule has 0 unspecified atom stereocenters. The molecule has 0 spiro atoms. The highest BCUT2D eigenvalue weighted by molar-refractivity contribution is 7.14. The normalized spacial score (nSPS) is 14.5. The quantitative estimate of drug-likeness (QED) is 0.833. The largest absolute Gasteiger partial charge is 0.364 e. The maximum atomic E-state index is 12.1. The summed E-state index contributed by atoms with van der Waals surface area (Å²) in [5.74, 6) is -0.800. The van der Waals surface area contributed by atoms with Gasteiger partial charge in [-0.3, -0.25) is 20.4 Å². The van der Waals surface area contributed by atoms with Crippen molar-refractivity contribution in [3.8, 4) is 0 Å². The zero-order valence-electron chi connectivity index (χ0n) is 12.1. The van der Waals surface area contributed by atoms with Crippen molar-refractivity contribution >= 4 is 23.2 Å². The molecule has 0 aromatic carbocycles. The van der Waals surface area contributed by atoms with Crippen LogP contribution in [0.4, 0.5) is 0 Å². The molecule has 3 rings (SSSR count). The first-order valence-electron chi connectivity index (χ1n) is 7.36. The standard InChI is InChI=1S/C15H17N3O3S/c19-14(11-7-8-21-18-11)16-17-15(20)13-9-10-5-3-1-2-4-6-12(10)22-13/h7-9H,1-6H2,(H,16,19)(H,17,20). The van der Waals surface area contributed by atoms with E-state index in [1.165, 1.54) is 59.8 Å². The second kappa shape index (κ2) is 6.74. The fourth-order valence-electron chi connectivity index (χ4n) is 2.52. The summed E-state index contributed by atoms with van der Waals surface area (Å²) in [5, 5.41) is 3.50. The van der Waals surface area contributed by atoms with Crippen molar-refractivity contribution in [3.05, 3.63) is 39.4 Å². The Labute approximate surface area is 131 Å². The number of hydrazine groups is 1. The molecule has 2 N–H and O–H groups in total. The van der Waals surface area contributed by atoms with Crippen LogP contribution in [0.1, 0.15) is 56.3 Å². The van der Waals surface area contributed by atoms with Crippen molar-refractivity contribution in [3.63, 3.8) is 0 Å². The fourth-order valence-corrected chi connectivity index (χ4v) is 3.67. The summed E-state index contributed by atoms with van der Waals surface area (Å²) >= 11 is 1.52. The van der Waals surface area contributed by atoms with Gasteiger partial charge in [0.05, 0.1) is 4.88 Å². The van der Waals surface area contributed by atoms with Gasteiger partial charge in [0.25, 0.3) is 11.8 Å². The van der Waals surface area contributed by atoms with Gasteiger partial charge in [-0.15, -0.1) is 11.3 Å². The number of fused-ring (bicyclic) bond motifs is 1. The molecule has 2 amide bonds. The maximum Gasteiger partial charge on any atom is 0.291 e. The average Bonchev–Trinajstić information content (AvgIpc) is 3.14. The van der Waals surface area contributed by atoms with Crippen molar-refractivity contribution in [2.45, 2.75) is 38.5 Å². The summed E-state index contributed by atoms with van der Waals surface area (Å²) in [6.45, 7) is 0. The summed E-state index contributed by atoms with van der Waals surface area (Å²) in [4.78, 5) is 25.8. The number of aryl methyl sites for hydroxylation is 2. The monoisotopic (exact) mass is 319 g/mol. The third kappa shape index (κ3) is 3.36. The molecule has 0 fully saturated rings. The summed E-state index contributed by atoms with van der Waals surface area (Å²) in [6.07, 6.45) is 8.24. The zero-order valence-corrected chi connectivity index (χ0v) is 12.9. The minimum atomic E-state index is -0.503. The summed E-state index contributed by atoms with van der Waals surface area (Å²) < 4.78 is 4.58. The minimum absolute atomic E-state index is 0.124. The number of aromatic nitrogens is 1. The number of hydrogen-bond donors (Lipinski definition) is 2. The summed E-state index contributed by atoms with van der Waals surface area (Å²) in [6, 6.07) is 3.38. The van der Waals surface area contributed by atoms with Crippen molar-refractivity contribution in [1.82, 2.24) is 16.0 Å². The van der Waals surface area contributed by atoms with E-state index in [0.717, 1.165) is 12.8 Å². The van der Waals surface area contributed by atoms with Crippen LogP contribution in [0.2, 0.25) is 0 Å². The minimum Gasteiger partial charge on any atom is -0.364 e. The van der Waals surface area contributed by atoms with Crippen LogP contribution in [0.3, 0.4) is 0 Å². The fraction of sp³-hybridized carbons (Fsp3) is 0.400. The number of carbonyl (C=O) groups is 2. The lowest BCUT2D eigenvalue weighted by atomic mass is 10.00. The molecule has 0 radical (unpaired) electrons.